The fraction of sp³-hybridized carbons (Fsp3) is 0.214. The van der Waals surface area contributed by atoms with Crippen molar-refractivity contribution < 1.29 is 17.9 Å². The van der Waals surface area contributed by atoms with Crippen molar-refractivity contribution in [1.29, 1.82) is 0 Å². The lowest BCUT2D eigenvalue weighted by molar-refractivity contribution is -0.137. The van der Waals surface area contributed by atoms with E-state index >= 15 is 0 Å². The summed E-state index contributed by atoms with van der Waals surface area (Å²) < 4.78 is 43.2. The van der Waals surface area contributed by atoms with Crippen LogP contribution in [-0.2, 0) is 6.18 Å². The predicted octanol–water partition coefficient (Wildman–Crippen LogP) is 3.16. The van der Waals surface area contributed by atoms with Crippen LogP contribution in [0.25, 0.3) is 0 Å². The van der Waals surface area contributed by atoms with Crippen molar-refractivity contribution in [1.82, 2.24) is 4.98 Å². The molecule has 1 heterocycles. The van der Waals surface area contributed by atoms with Crippen LogP contribution >= 0.6 is 0 Å². The molecule has 1 atom stereocenters. The number of aromatic nitrogens is 1. The third-order valence-electron chi connectivity index (χ3n) is 2.90. The van der Waals surface area contributed by atoms with Crippen molar-refractivity contribution in [3.8, 4) is 5.88 Å². The molecule has 2 aromatic rings. The van der Waals surface area contributed by atoms with Gasteiger partial charge in [-0.2, -0.15) is 13.2 Å². The Kier molecular flexibility index (Phi) is 3.94. The van der Waals surface area contributed by atoms with Gasteiger partial charge in [-0.1, -0.05) is 18.2 Å². The molecule has 1 aromatic heterocycles. The van der Waals surface area contributed by atoms with E-state index in [9.17, 15) is 13.2 Å². The first kappa shape index (κ1) is 14.3. The number of nitrogens with zero attached hydrogens (tertiary/aromatic N) is 1. The normalized spacial score (nSPS) is 13.1. The summed E-state index contributed by atoms with van der Waals surface area (Å²) in [7, 11) is 1.44. The van der Waals surface area contributed by atoms with Crippen LogP contribution in [0.15, 0.2) is 42.6 Å². The van der Waals surface area contributed by atoms with Gasteiger partial charge in [0.05, 0.1) is 18.7 Å². The number of ether oxygens (including phenoxy) is 1. The molecule has 0 amide bonds. The summed E-state index contributed by atoms with van der Waals surface area (Å²) in [6, 6.07) is 7.53. The van der Waals surface area contributed by atoms with E-state index in [0.717, 1.165) is 12.1 Å². The molecule has 6 heteroatoms. The Labute approximate surface area is 114 Å². The first-order chi connectivity index (χ1) is 9.43. The SMILES string of the molecule is COc1ncccc1C(N)c1cccc(C(F)(F)F)c1. The highest BCUT2D eigenvalue weighted by Gasteiger charge is 2.31. The van der Waals surface area contributed by atoms with Gasteiger partial charge in [-0.25, -0.2) is 4.98 Å². The Bertz CT molecular complexity index is 599. The highest BCUT2D eigenvalue weighted by Crippen LogP contribution is 2.32. The molecule has 3 nitrogen and oxygen atoms in total. The minimum atomic E-state index is -4.39. The van der Waals surface area contributed by atoms with Gasteiger partial charge in [-0.15, -0.1) is 0 Å². The molecule has 0 aliphatic rings. The largest absolute Gasteiger partial charge is 0.481 e. The quantitative estimate of drug-likeness (QED) is 0.940. The lowest BCUT2D eigenvalue weighted by Crippen LogP contribution is -2.15. The summed E-state index contributed by atoms with van der Waals surface area (Å²) in [6.45, 7) is 0. The third-order valence-corrected chi connectivity index (χ3v) is 2.90. The minimum absolute atomic E-state index is 0.303. The van der Waals surface area contributed by atoms with Gasteiger partial charge in [0.2, 0.25) is 5.88 Å². The number of benzene rings is 1. The van der Waals surface area contributed by atoms with E-state index in [1.54, 1.807) is 18.2 Å². The number of hydrogen-bond donors (Lipinski definition) is 1. The lowest BCUT2D eigenvalue weighted by atomic mass is 9.98. The minimum Gasteiger partial charge on any atom is -0.481 e. The summed E-state index contributed by atoms with van der Waals surface area (Å²) in [5.74, 6) is 0.303. The number of methoxy groups -OCH3 is 1. The highest BCUT2D eigenvalue weighted by molar-refractivity contribution is 5.38. The fourth-order valence-corrected chi connectivity index (χ4v) is 1.90. The summed E-state index contributed by atoms with van der Waals surface area (Å²) >= 11 is 0. The number of nitrogens with two attached hydrogens (primary N) is 1. The van der Waals surface area contributed by atoms with Gasteiger partial charge in [-0.3, -0.25) is 0 Å². The summed E-state index contributed by atoms with van der Waals surface area (Å²) in [4.78, 5) is 3.99. The van der Waals surface area contributed by atoms with Crippen LogP contribution in [0.3, 0.4) is 0 Å². The van der Waals surface area contributed by atoms with Crippen LogP contribution in [0, 0.1) is 0 Å². The molecule has 0 bridgehead atoms. The second-order valence-electron chi connectivity index (χ2n) is 4.20. The van der Waals surface area contributed by atoms with E-state index in [1.807, 2.05) is 0 Å². The van der Waals surface area contributed by atoms with Crippen molar-refractivity contribution in [2.45, 2.75) is 12.2 Å². The number of halogens is 3. The summed E-state index contributed by atoms with van der Waals surface area (Å²) in [5, 5.41) is 0. The average molecular weight is 282 g/mol. The van der Waals surface area contributed by atoms with Crippen LogP contribution in [-0.4, -0.2) is 12.1 Å². The molecular weight excluding hydrogens is 269 g/mol. The van der Waals surface area contributed by atoms with Gasteiger partial charge in [0.15, 0.2) is 0 Å². The van der Waals surface area contributed by atoms with E-state index in [-0.39, 0.29) is 0 Å². The van der Waals surface area contributed by atoms with Gasteiger partial charge in [-0.05, 0) is 23.8 Å². The molecule has 1 unspecified atom stereocenters. The van der Waals surface area contributed by atoms with E-state index in [0.29, 0.717) is 17.0 Å². The van der Waals surface area contributed by atoms with E-state index < -0.39 is 17.8 Å². The van der Waals surface area contributed by atoms with Gasteiger partial charge in [0.25, 0.3) is 0 Å². The monoisotopic (exact) mass is 282 g/mol. The smallest absolute Gasteiger partial charge is 0.416 e. The number of hydrogen-bond acceptors (Lipinski definition) is 3. The summed E-state index contributed by atoms with van der Waals surface area (Å²) in [6.07, 6.45) is -2.87. The third kappa shape index (κ3) is 2.91. The lowest BCUT2D eigenvalue weighted by Gasteiger charge is -2.16. The van der Waals surface area contributed by atoms with Crippen molar-refractivity contribution in [3.63, 3.8) is 0 Å². The maximum Gasteiger partial charge on any atom is 0.416 e. The molecule has 1 aromatic carbocycles. The van der Waals surface area contributed by atoms with Gasteiger partial charge in [0, 0.05) is 11.8 Å². The zero-order valence-electron chi connectivity index (χ0n) is 10.7. The molecule has 0 radical (unpaired) electrons. The van der Waals surface area contributed by atoms with Gasteiger partial charge in [0.1, 0.15) is 0 Å². The van der Waals surface area contributed by atoms with Gasteiger partial charge >= 0.3 is 6.18 Å². The molecule has 0 saturated carbocycles. The zero-order valence-corrected chi connectivity index (χ0v) is 10.7. The first-order valence-corrected chi connectivity index (χ1v) is 5.85. The Morgan fingerprint density at radius 3 is 2.60 bits per heavy atom. The molecule has 0 spiro atoms. The van der Waals surface area contributed by atoms with Crippen LogP contribution in [0.2, 0.25) is 0 Å². The van der Waals surface area contributed by atoms with Crippen LogP contribution < -0.4 is 10.5 Å². The van der Waals surface area contributed by atoms with Crippen LogP contribution in [0.1, 0.15) is 22.7 Å². The molecule has 20 heavy (non-hydrogen) atoms. The van der Waals surface area contributed by atoms with Crippen LogP contribution in [0.5, 0.6) is 5.88 Å². The molecule has 2 N–H and O–H groups in total. The summed E-state index contributed by atoms with van der Waals surface area (Å²) in [5.41, 5.74) is 6.18. The second kappa shape index (κ2) is 5.50. The Morgan fingerprint density at radius 2 is 1.95 bits per heavy atom. The second-order valence-corrected chi connectivity index (χ2v) is 4.20. The van der Waals surface area contributed by atoms with Crippen LogP contribution in [0.4, 0.5) is 13.2 Å². The molecule has 0 fully saturated rings. The number of pyridine rings is 1. The first-order valence-electron chi connectivity index (χ1n) is 5.85. The number of alkyl halides is 3. The zero-order chi connectivity index (χ0) is 14.8. The van der Waals surface area contributed by atoms with E-state index in [2.05, 4.69) is 4.98 Å². The molecule has 0 aliphatic carbocycles. The predicted molar refractivity (Wildman–Crippen MR) is 68.3 cm³/mol. The highest BCUT2D eigenvalue weighted by atomic mass is 19.4. The van der Waals surface area contributed by atoms with Crippen molar-refractivity contribution in [3.05, 3.63) is 59.3 Å². The molecule has 2 rings (SSSR count). The maximum atomic E-state index is 12.7. The van der Waals surface area contributed by atoms with Crippen molar-refractivity contribution in [2.75, 3.05) is 7.11 Å². The van der Waals surface area contributed by atoms with Crippen molar-refractivity contribution >= 4 is 0 Å². The Balaban J connectivity index is 2.41. The van der Waals surface area contributed by atoms with E-state index in [4.69, 9.17) is 10.5 Å². The van der Waals surface area contributed by atoms with Crippen molar-refractivity contribution in [2.24, 2.45) is 5.73 Å². The Morgan fingerprint density at radius 1 is 1.20 bits per heavy atom. The molecule has 0 saturated heterocycles. The number of rotatable bonds is 3. The molecule has 0 aliphatic heterocycles. The standard InChI is InChI=1S/C14H13F3N2O/c1-20-13-11(6-3-7-19-13)12(18)9-4-2-5-10(8-9)14(15,16)17/h2-8,12H,18H2,1H3. The average Bonchev–Trinajstić information content (AvgIpc) is 2.45. The molecule has 106 valence electrons. The fourth-order valence-electron chi connectivity index (χ4n) is 1.90. The Hall–Kier alpha value is -2.08. The molecular formula is C14H13F3N2O. The van der Waals surface area contributed by atoms with Gasteiger partial charge < -0.3 is 10.5 Å². The topological polar surface area (TPSA) is 48.1 Å². The van der Waals surface area contributed by atoms with E-state index in [1.165, 1.54) is 19.4 Å². The maximum absolute atomic E-state index is 12.7.